The smallest absolute Gasteiger partial charge is 0.370 e. The van der Waals surface area contributed by atoms with Gasteiger partial charge in [-0.3, -0.25) is 5.32 Å². The van der Waals surface area contributed by atoms with Gasteiger partial charge in [0, 0.05) is 18.3 Å². The summed E-state index contributed by atoms with van der Waals surface area (Å²) in [6.07, 6.45) is -3.96. The maximum Gasteiger partial charge on any atom is 0.433 e. The second kappa shape index (κ2) is 9.82. The standard InChI is InChI=1S/C22H25F3N6O/c1-14-5-6-16-12-17(8-7-15(16)11-14)27-21(32)30-20-28-18(22(23,24)25)13-19(29-20)26-9-4-10-31(2)3/h5-8,11-13H,4,9-10H2,1-3H3,(H3,26,27,28,29,30,32). The molecule has 1 aromatic heterocycles. The highest BCUT2D eigenvalue weighted by Gasteiger charge is 2.34. The van der Waals surface area contributed by atoms with Crippen LogP contribution in [0.3, 0.4) is 0 Å². The van der Waals surface area contributed by atoms with Crippen molar-refractivity contribution in [2.24, 2.45) is 0 Å². The van der Waals surface area contributed by atoms with Crippen LogP contribution < -0.4 is 16.0 Å². The van der Waals surface area contributed by atoms with Gasteiger partial charge >= 0.3 is 12.2 Å². The van der Waals surface area contributed by atoms with E-state index in [0.717, 1.165) is 28.9 Å². The van der Waals surface area contributed by atoms with Gasteiger partial charge < -0.3 is 15.5 Å². The van der Waals surface area contributed by atoms with Crippen LogP contribution in [-0.2, 0) is 6.18 Å². The number of halogens is 3. The number of rotatable bonds is 7. The molecule has 0 saturated carbocycles. The molecule has 32 heavy (non-hydrogen) atoms. The number of aryl methyl sites for hydroxylation is 1. The molecule has 0 aliphatic rings. The molecule has 0 fully saturated rings. The highest BCUT2D eigenvalue weighted by Crippen LogP contribution is 2.29. The third-order valence-electron chi connectivity index (χ3n) is 4.58. The summed E-state index contributed by atoms with van der Waals surface area (Å²) < 4.78 is 39.8. The van der Waals surface area contributed by atoms with E-state index < -0.39 is 23.8 Å². The molecule has 3 N–H and O–H groups in total. The topological polar surface area (TPSA) is 82.2 Å². The number of carbonyl (C=O) groups excluding carboxylic acids is 1. The van der Waals surface area contributed by atoms with Gasteiger partial charge in [-0.05, 0) is 56.9 Å². The Bertz CT molecular complexity index is 1100. The largest absolute Gasteiger partial charge is 0.433 e. The molecule has 170 valence electrons. The van der Waals surface area contributed by atoms with Crippen LogP contribution in [0.4, 0.5) is 35.4 Å². The van der Waals surface area contributed by atoms with Crippen LogP contribution in [-0.4, -0.2) is 48.1 Å². The van der Waals surface area contributed by atoms with Crippen molar-refractivity contribution >= 4 is 34.3 Å². The summed E-state index contributed by atoms with van der Waals surface area (Å²) in [5.41, 5.74) is 0.468. The number of hydrogen-bond donors (Lipinski definition) is 3. The van der Waals surface area contributed by atoms with Crippen LogP contribution in [0.2, 0.25) is 0 Å². The summed E-state index contributed by atoms with van der Waals surface area (Å²) in [5.74, 6) is -0.452. The zero-order valence-corrected chi connectivity index (χ0v) is 18.0. The van der Waals surface area contributed by atoms with Gasteiger partial charge in [0.15, 0.2) is 5.69 Å². The molecule has 10 heteroatoms. The maximum atomic E-state index is 13.3. The minimum Gasteiger partial charge on any atom is -0.370 e. The number of anilines is 3. The molecule has 0 unspecified atom stereocenters. The fraction of sp³-hybridized carbons (Fsp3) is 0.318. The molecule has 3 rings (SSSR count). The van der Waals surface area contributed by atoms with E-state index in [1.54, 1.807) is 12.1 Å². The van der Waals surface area contributed by atoms with Gasteiger partial charge in [-0.1, -0.05) is 29.8 Å². The highest BCUT2D eigenvalue weighted by atomic mass is 19.4. The fourth-order valence-electron chi connectivity index (χ4n) is 3.06. The molecule has 7 nitrogen and oxygen atoms in total. The number of nitrogens with one attached hydrogen (secondary N) is 3. The summed E-state index contributed by atoms with van der Waals surface area (Å²) >= 11 is 0. The normalized spacial score (nSPS) is 11.6. The fourth-order valence-corrected chi connectivity index (χ4v) is 3.06. The van der Waals surface area contributed by atoms with Crippen molar-refractivity contribution in [3.05, 3.63) is 53.7 Å². The van der Waals surface area contributed by atoms with Gasteiger partial charge in [-0.2, -0.15) is 18.2 Å². The summed E-state index contributed by atoms with van der Waals surface area (Å²) in [6, 6.07) is 11.3. The van der Waals surface area contributed by atoms with Gasteiger partial charge in [-0.15, -0.1) is 0 Å². The Morgan fingerprint density at radius 3 is 2.44 bits per heavy atom. The summed E-state index contributed by atoms with van der Waals surface area (Å²) in [5, 5.41) is 9.68. The first-order valence-electron chi connectivity index (χ1n) is 10.0. The summed E-state index contributed by atoms with van der Waals surface area (Å²) in [4.78, 5) is 21.8. The van der Waals surface area contributed by atoms with Gasteiger partial charge in [0.2, 0.25) is 5.95 Å². The Morgan fingerprint density at radius 1 is 1.00 bits per heavy atom. The number of fused-ring (bicyclic) bond motifs is 1. The van der Waals surface area contributed by atoms with Crippen LogP contribution >= 0.6 is 0 Å². The first-order valence-corrected chi connectivity index (χ1v) is 10.0. The number of nitrogens with zero attached hydrogens (tertiary/aromatic N) is 3. The van der Waals surface area contributed by atoms with Crippen LogP contribution in [0, 0.1) is 6.92 Å². The van der Waals surface area contributed by atoms with Crippen LogP contribution in [0.25, 0.3) is 10.8 Å². The molecule has 0 atom stereocenters. The Labute approximate surface area is 184 Å². The van der Waals surface area contributed by atoms with Gasteiger partial charge in [0.1, 0.15) is 5.82 Å². The van der Waals surface area contributed by atoms with E-state index in [9.17, 15) is 18.0 Å². The molecule has 2 amide bonds. The second-order valence-corrected chi connectivity index (χ2v) is 7.69. The van der Waals surface area contributed by atoms with Crippen molar-refractivity contribution in [2.75, 3.05) is 43.1 Å². The van der Waals surface area contributed by atoms with E-state index in [4.69, 9.17) is 0 Å². The van der Waals surface area contributed by atoms with Crippen LogP contribution in [0.1, 0.15) is 17.7 Å². The maximum absolute atomic E-state index is 13.3. The van der Waals surface area contributed by atoms with Gasteiger partial charge in [0.25, 0.3) is 0 Å². The molecule has 0 spiro atoms. The average Bonchev–Trinajstić information content (AvgIpc) is 2.70. The predicted molar refractivity (Wildman–Crippen MR) is 120 cm³/mol. The quantitative estimate of drug-likeness (QED) is 0.447. The number of amides is 2. The third kappa shape index (κ3) is 6.55. The molecule has 0 aliphatic carbocycles. The Morgan fingerprint density at radius 2 is 1.72 bits per heavy atom. The molecule has 0 saturated heterocycles. The molecule has 0 bridgehead atoms. The lowest BCUT2D eigenvalue weighted by Crippen LogP contribution is -2.23. The van der Waals surface area contributed by atoms with Crippen molar-refractivity contribution < 1.29 is 18.0 Å². The SMILES string of the molecule is Cc1ccc2cc(NC(=O)Nc3nc(NCCCN(C)C)cc(C(F)(F)F)n3)ccc2c1. The lowest BCUT2D eigenvalue weighted by molar-refractivity contribution is -0.141. The Kier molecular flexibility index (Phi) is 7.14. The average molecular weight is 446 g/mol. The van der Waals surface area contributed by atoms with E-state index in [1.807, 2.05) is 50.2 Å². The first kappa shape index (κ1) is 23.3. The Hall–Kier alpha value is -3.40. The molecule has 0 radical (unpaired) electrons. The summed E-state index contributed by atoms with van der Waals surface area (Å²) in [7, 11) is 3.81. The Balaban J connectivity index is 1.72. The number of carbonyl (C=O) groups is 1. The molecule has 0 aliphatic heterocycles. The molecule has 3 aromatic rings. The third-order valence-corrected chi connectivity index (χ3v) is 4.58. The monoisotopic (exact) mass is 446 g/mol. The first-order chi connectivity index (χ1) is 15.1. The molecule has 1 heterocycles. The van der Waals surface area contributed by atoms with Crippen molar-refractivity contribution in [3.63, 3.8) is 0 Å². The van der Waals surface area contributed by atoms with Gasteiger partial charge in [0.05, 0.1) is 0 Å². The zero-order chi connectivity index (χ0) is 23.3. The number of urea groups is 1. The minimum absolute atomic E-state index is 0.0116. The zero-order valence-electron chi connectivity index (χ0n) is 18.0. The predicted octanol–water partition coefficient (Wildman–Crippen LogP) is 4.96. The van der Waals surface area contributed by atoms with Crippen LogP contribution in [0.5, 0.6) is 0 Å². The van der Waals surface area contributed by atoms with E-state index in [1.165, 1.54) is 0 Å². The van der Waals surface area contributed by atoms with Crippen molar-refractivity contribution in [3.8, 4) is 0 Å². The van der Waals surface area contributed by atoms with E-state index in [2.05, 4.69) is 25.9 Å². The van der Waals surface area contributed by atoms with Crippen LogP contribution in [0.15, 0.2) is 42.5 Å². The lowest BCUT2D eigenvalue weighted by atomic mass is 10.1. The molecular formula is C22H25F3N6O. The number of aromatic nitrogens is 2. The number of alkyl halides is 3. The van der Waals surface area contributed by atoms with Crippen molar-refractivity contribution in [1.82, 2.24) is 14.9 Å². The molecule has 2 aromatic carbocycles. The molecular weight excluding hydrogens is 421 g/mol. The van der Waals surface area contributed by atoms with E-state index in [0.29, 0.717) is 18.7 Å². The van der Waals surface area contributed by atoms with E-state index in [-0.39, 0.29) is 5.82 Å². The highest BCUT2D eigenvalue weighted by molar-refractivity contribution is 6.00. The second-order valence-electron chi connectivity index (χ2n) is 7.69. The lowest BCUT2D eigenvalue weighted by Gasteiger charge is -2.14. The number of hydrogen-bond acceptors (Lipinski definition) is 5. The van der Waals surface area contributed by atoms with Crippen molar-refractivity contribution in [2.45, 2.75) is 19.5 Å². The van der Waals surface area contributed by atoms with Gasteiger partial charge in [-0.25, -0.2) is 9.78 Å². The van der Waals surface area contributed by atoms with E-state index >= 15 is 0 Å². The summed E-state index contributed by atoms with van der Waals surface area (Å²) in [6.45, 7) is 3.18. The minimum atomic E-state index is -4.67. The van der Waals surface area contributed by atoms with Crippen molar-refractivity contribution in [1.29, 1.82) is 0 Å². The number of benzene rings is 2.